The first-order valence-corrected chi connectivity index (χ1v) is 4.86. The maximum Gasteiger partial charge on any atom is 0.0458 e. The molecule has 0 aromatic heterocycles. The predicted molar refractivity (Wildman–Crippen MR) is 52.1 cm³/mol. The maximum absolute atomic E-state index is 8.57. The number of hydrogen-bond acceptors (Lipinski definition) is 2. The summed E-state index contributed by atoms with van der Waals surface area (Å²) in [5.74, 6) is 0. The zero-order valence-corrected chi connectivity index (χ0v) is 8.06. The molecule has 0 heterocycles. The van der Waals surface area contributed by atoms with Gasteiger partial charge in [0, 0.05) is 11.6 Å². The summed E-state index contributed by atoms with van der Waals surface area (Å²) >= 11 is 6.10. The largest absolute Gasteiger partial charge is 0.316 e. The fourth-order valence-corrected chi connectivity index (χ4v) is 2.26. The van der Waals surface area contributed by atoms with Gasteiger partial charge in [0.15, 0.2) is 0 Å². The average molecular weight is 198 g/mol. The second kappa shape index (κ2) is 3.66. The lowest BCUT2D eigenvalue weighted by Gasteiger charge is -2.06. The number of benzene rings is 1. The van der Waals surface area contributed by atoms with Crippen LogP contribution in [0.2, 0.25) is 5.02 Å². The molecule has 0 saturated carbocycles. The van der Waals surface area contributed by atoms with E-state index in [-0.39, 0.29) is 0 Å². The molecule has 0 aliphatic heterocycles. The molecule has 2 rings (SSSR count). The van der Waals surface area contributed by atoms with Crippen LogP contribution in [-0.4, -0.2) is 5.21 Å². The summed E-state index contributed by atoms with van der Waals surface area (Å²) in [4.78, 5) is 0. The first-order valence-electron chi connectivity index (χ1n) is 4.48. The normalized spacial score (nSPS) is 14.6. The third kappa shape index (κ3) is 1.70. The van der Waals surface area contributed by atoms with E-state index in [9.17, 15) is 0 Å². The maximum atomic E-state index is 8.57. The lowest BCUT2D eigenvalue weighted by atomic mass is 10.1. The monoisotopic (exact) mass is 197 g/mol. The minimum atomic E-state index is 0.465. The van der Waals surface area contributed by atoms with Gasteiger partial charge in [0.2, 0.25) is 0 Å². The van der Waals surface area contributed by atoms with Gasteiger partial charge >= 0.3 is 0 Å². The molecular formula is C10H12ClNO. The molecule has 2 nitrogen and oxygen atoms in total. The van der Waals surface area contributed by atoms with Crippen LogP contribution in [0.15, 0.2) is 12.1 Å². The number of hydrogen-bond donors (Lipinski definition) is 2. The molecule has 0 atom stereocenters. The van der Waals surface area contributed by atoms with Gasteiger partial charge in [-0.15, -0.1) is 0 Å². The van der Waals surface area contributed by atoms with Crippen LogP contribution < -0.4 is 5.48 Å². The lowest BCUT2D eigenvalue weighted by Crippen LogP contribution is -2.06. The Morgan fingerprint density at radius 2 is 2.23 bits per heavy atom. The molecule has 0 spiro atoms. The standard InChI is InChI=1S/C10H12ClNO/c11-10-5-7(6-12-13)4-8-2-1-3-9(8)10/h4-5,12-13H,1-3,6H2. The molecule has 1 aliphatic rings. The van der Waals surface area contributed by atoms with Crippen LogP contribution >= 0.6 is 11.6 Å². The predicted octanol–water partition coefficient (Wildman–Crippen LogP) is 2.31. The molecule has 13 heavy (non-hydrogen) atoms. The molecular weight excluding hydrogens is 186 g/mol. The van der Waals surface area contributed by atoms with Crippen molar-refractivity contribution in [1.82, 2.24) is 5.48 Å². The molecule has 1 aliphatic carbocycles. The fourth-order valence-electron chi connectivity index (χ4n) is 1.91. The third-order valence-electron chi connectivity index (χ3n) is 2.50. The van der Waals surface area contributed by atoms with Gasteiger partial charge in [-0.1, -0.05) is 17.7 Å². The quantitative estimate of drug-likeness (QED) is 0.714. The van der Waals surface area contributed by atoms with Gasteiger partial charge in [-0.05, 0) is 42.0 Å². The van der Waals surface area contributed by atoms with E-state index in [1.165, 1.54) is 17.5 Å². The van der Waals surface area contributed by atoms with Crippen molar-refractivity contribution < 1.29 is 5.21 Å². The zero-order chi connectivity index (χ0) is 9.26. The van der Waals surface area contributed by atoms with Gasteiger partial charge in [-0.2, -0.15) is 0 Å². The Morgan fingerprint density at radius 3 is 3.00 bits per heavy atom. The Bertz CT molecular complexity index is 325. The Morgan fingerprint density at radius 1 is 1.38 bits per heavy atom. The molecule has 0 amide bonds. The van der Waals surface area contributed by atoms with Crippen LogP contribution in [0.25, 0.3) is 0 Å². The summed E-state index contributed by atoms with van der Waals surface area (Å²) in [6.45, 7) is 0.465. The number of aryl methyl sites for hydroxylation is 1. The average Bonchev–Trinajstić information content (AvgIpc) is 2.53. The van der Waals surface area contributed by atoms with E-state index in [4.69, 9.17) is 16.8 Å². The van der Waals surface area contributed by atoms with Crippen molar-refractivity contribution in [2.45, 2.75) is 25.8 Å². The number of hydroxylamine groups is 1. The number of nitrogens with one attached hydrogen (secondary N) is 1. The first-order chi connectivity index (χ1) is 6.31. The molecule has 70 valence electrons. The zero-order valence-electron chi connectivity index (χ0n) is 7.31. The van der Waals surface area contributed by atoms with Crippen molar-refractivity contribution in [2.24, 2.45) is 0 Å². The van der Waals surface area contributed by atoms with E-state index in [0.717, 1.165) is 23.4 Å². The highest BCUT2D eigenvalue weighted by Crippen LogP contribution is 2.30. The second-order valence-corrected chi connectivity index (χ2v) is 3.81. The molecule has 0 unspecified atom stereocenters. The molecule has 1 aromatic carbocycles. The van der Waals surface area contributed by atoms with Crippen LogP contribution in [0.3, 0.4) is 0 Å². The SMILES string of the molecule is ONCc1cc(Cl)c2c(c1)CCC2. The van der Waals surface area contributed by atoms with Crippen LogP contribution in [0.4, 0.5) is 0 Å². The number of fused-ring (bicyclic) bond motifs is 1. The molecule has 0 bridgehead atoms. The lowest BCUT2D eigenvalue weighted by molar-refractivity contribution is 0.161. The minimum Gasteiger partial charge on any atom is -0.316 e. The molecule has 3 heteroatoms. The minimum absolute atomic E-state index is 0.465. The Labute approximate surface area is 82.5 Å². The van der Waals surface area contributed by atoms with E-state index in [1.807, 2.05) is 6.07 Å². The Hall–Kier alpha value is -0.570. The van der Waals surface area contributed by atoms with E-state index >= 15 is 0 Å². The fraction of sp³-hybridized carbons (Fsp3) is 0.400. The van der Waals surface area contributed by atoms with Crippen molar-refractivity contribution in [2.75, 3.05) is 0 Å². The topological polar surface area (TPSA) is 32.3 Å². The van der Waals surface area contributed by atoms with Crippen LogP contribution in [0.1, 0.15) is 23.1 Å². The molecule has 0 saturated heterocycles. The molecule has 0 fully saturated rings. The van der Waals surface area contributed by atoms with E-state index in [0.29, 0.717) is 6.54 Å². The summed E-state index contributed by atoms with van der Waals surface area (Å²) in [5, 5.41) is 9.41. The summed E-state index contributed by atoms with van der Waals surface area (Å²) in [5.41, 5.74) is 5.83. The first kappa shape index (κ1) is 9.00. The smallest absolute Gasteiger partial charge is 0.0458 e. The summed E-state index contributed by atoms with van der Waals surface area (Å²) < 4.78 is 0. The van der Waals surface area contributed by atoms with Crippen LogP contribution in [0.5, 0.6) is 0 Å². The van der Waals surface area contributed by atoms with Crippen molar-refractivity contribution in [1.29, 1.82) is 0 Å². The second-order valence-electron chi connectivity index (χ2n) is 3.40. The number of rotatable bonds is 2. The summed E-state index contributed by atoms with van der Waals surface area (Å²) in [7, 11) is 0. The van der Waals surface area contributed by atoms with Gasteiger partial charge in [0.05, 0.1) is 0 Å². The summed E-state index contributed by atoms with van der Waals surface area (Å²) in [6, 6.07) is 4.05. The van der Waals surface area contributed by atoms with Gasteiger partial charge in [-0.3, -0.25) is 0 Å². The summed E-state index contributed by atoms with van der Waals surface area (Å²) in [6.07, 6.45) is 3.42. The number of halogens is 1. The van der Waals surface area contributed by atoms with Crippen molar-refractivity contribution in [3.8, 4) is 0 Å². The van der Waals surface area contributed by atoms with Gasteiger partial charge in [-0.25, -0.2) is 5.48 Å². The van der Waals surface area contributed by atoms with Gasteiger partial charge < -0.3 is 5.21 Å². The Kier molecular flexibility index (Phi) is 2.54. The van der Waals surface area contributed by atoms with E-state index in [1.54, 1.807) is 0 Å². The van der Waals surface area contributed by atoms with E-state index in [2.05, 4.69) is 11.5 Å². The molecule has 0 radical (unpaired) electrons. The van der Waals surface area contributed by atoms with Gasteiger partial charge in [0.25, 0.3) is 0 Å². The van der Waals surface area contributed by atoms with E-state index < -0.39 is 0 Å². The highest BCUT2D eigenvalue weighted by molar-refractivity contribution is 6.31. The van der Waals surface area contributed by atoms with Crippen LogP contribution in [-0.2, 0) is 19.4 Å². The highest BCUT2D eigenvalue weighted by atomic mass is 35.5. The van der Waals surface area contributed by atoms with Crippen molar-refractivity contribution in [3.63, 3.8) is 0 Å². The van der Waals surface area contributed by atoms with Crippen molar-refractivity contribution in [3.05, 3.63) is 33.8 Å². The third-order valence-corrected chi connectivity index (χ3v) is 2.84. The Balaban J connectivity index is 2.37. The molecule has 2 N–H and O–H groups in total. The van der Waals surface area contributed by atoms with Crippen LogP contribution in [0, 0.1) is 0 Å². The highest BCUT2D eigenvalue weighted by Gasteiger charge is 2.14. The van der Waals surface area contributed by atoms with Crippen molar-refractivity contribution >= 4 is 11.6 Å². The van der Waals surface area contributed by atoms with Gasteiger partial charge in [0.1, 0.15) is 0 Å². The molecule has 1 aromatic rings.